The highest BCUT2D eigenvalue weighted by atomic mass is 35.5. The number of imide groups is 1. The molecule has 192 valence electrons. The first-order chi connectivity index (χ1) is 18.2. The number of thioether (sulfide) groups is 1. The number of nitrogens with zero attached hydrogens (tertiary/aromatic N) is 2. The second-order valence-corrected chi connectivity index (χ2v) is 10.8. The van der Waals surface area contributed by atoms with E-state index in [9.17, 15) is 14.4 Å². The fourth-order valence-corrected chi connectivity index (χ4v) is 5.62. The zero-order valence-corrected chi connectivity index (χ0v) is 23.0. The third-order valence-electron chi connectivity index (χ3n) is 6.47. The van der Waals surface area contributed by atoms with Crippen LogP contribution in [0.3, 0.4) is 0 Å². The van der Waals surface area contributed by atoms with Crippen molar-refractivity contribution in [1.82, 2.24) is 9.47 Å². The van der Waals surface area contributed by atoms with Crippen molar-refractivity contribution in [3.05, 3.63) is 104 Å². The zero-order valence-electron chi connectivity index (χ0n) is 20.6. The number of carbonyl (C=O) groups is 3. The lowest BCUT2D eigenvalue weighted by molar-refractivity contribution is -0.127. The van der Waals surface area contributed by atoms with Gasteiger partial charge < -0.3 is 9.88 Å². The van der Waals surface area contributed by atoms with Crippen LogP contribution in [0.4, 0.5) is 10.5 Å². The van der Waals surface area contributed by atoms with Crippen molar-refractivity contribution in [2.75, 3.05) is 11.9 Å². The molecule has 0 atom stereocenters. The smallest absolute Gasteiger partial charge is 0.294 e. The zero-order chi connectivity index (χ0) is 27.0. The van der Waals surface area contributed by atoms with Gasteiger partial charge >= 0.3 is 0 Å². The summed E-state index contributed by atoms with van der Waals surface area (Å²) in [7, 11) is 0. The predicted octanol–water partition coefficient (Wildman–Crippen LogP) is 7.29. The lowest BCUT2D eigenvalue weighted by Gasteiger charge is -2.13. The molecular formula is C29H23Cl2N3O3S. The molecule has 3 aromatic carbocycles. The minimum absolute atomic E-state index is 0.268. The topological polar surface area (TPSA) is 71.4 Å². The monoisotopic (exact) mass is 563 g/mol. The van der Waals surface area contributed by atoms with Gasteiger partial charge in [0.25, 0.3) is 11.1 Å². The van der Waals surface area contributed by atoms with Gasteiger partial charge in [0.05, 0.1) is 4.91 Å². The Morgan fingerprint density at radius 1 is 0.974 bits per heavy atom. The van der Waals surface area contributed by atoms with E-state index in [-0.39, 0.29) is 11.4 Å². The second kappa shape index (κ2) is 10.7. The van der Waals surface area contributed by atoms with Gasteiger partial charge in [-0.15, -0.1) is 0 Å². The summed E-state index contributed by atoms with van der Waals surface area (Å²) in [4.78, 5) is 39.7. The quantitative estimate of drug-likeness (QED) is 0.250. The number of nitrogens with one attached hydrogen (secondary N) is 1. The van der Waals surface area contributed by atoms with Gasteiger partial charge in [0.1, 0.15) is 6.54 Å². The molecular weight excluding hydrogens is 541 g/mol. The Hall–Kier alpha value is -3.52. The molecule has 1 aliphatic heterocycles. The molecule has 38 heavy (non-hydrogen) atoms. The standard InChI is InChI=1S/C29H23Cl2N3O3S/c1-17-11-12-20(13-24(17)31)32-27(35)16-34-28(36)26(38-29(34)37)14-22-18(2)33(25-10-6-4-8-21(22)25)15-19-7-3-5-9-23(19)30/h3-14H,15-16H2,1-2H3,(H,32,35)/b26-14-. The highest BCUT2D eigenvalue weighted by Crippen LogP contribution is 2.36. The number of amides is 3. The van der Waals surface area contributed by atoms with E-state index in [1.807, 2.05) is 62.4 Å². The molecule has 1 aliphatic rings. The molecule has 0 saturated carbocycles. The van der Waals surface area contributed by atoms with Crippen molar-refractivity contribution in [3.63, 3.8) is 0 Å². The van der Waals surface area contributed by atoms with Gasteiger partial charge in [0.15, 0.2) is 0 Å². The summed E-state index contributed by atoms with van der Waals surface area (Å²) in [5.41, 5.74) is 5.13. The van der Waals surface area contributed by atoms with Gasteiger partial charge in [-0.1, -0.05) is 65.7 Å². The predicted molar refractivity (Wildman–Crippen MR) is 155 cm³/mol. The number of aryl methyl sites for hydroxylation is 1. The Balaban J connectivity index is 1.41. The Labute approximate surface area is 234 Å². The first kappa shape index (κ1) is 26.1. The van der Waals surface area contributed by atoms with Crippen molar-refractivity contribution in [2.24, 2.45) is 0 Å². The molecule has 4 aromatic rings. The molecule has 0 aliphatic carbocycles. The fraction of sp³-hybridized carbons (Fsp3) is 0.138. The molecule has 1 N–H and O–H groups in total. The molecule has 5 rings (SSSR count). The largest absolute Gasteiger partial charge is 0.340 e. The van der Waals surface area contributed by atoms with Crippen LogP contribution in [0, 0.1) is 13.8 Å². The van der Waals surface area contributed by atoms with Crippen LogP contribution in [0.25, 0.3) is 17.0 Å². The maximum Gasteiger partial charge on any atom is 0.294 e. The van der Waals surface area contributed by atoms with Gasteiger partial charge in [0.2, 0.25) is 5.91 Å². The van der Waals surface area contributed by atoms with Crippen LogP contribution in [0.15, 0.2) is 71.6 Å². The van der Waals surface area contributed by atoms with Crippen LogP contribution in [0.5, 0.6) is 0 Å². The molecule has 2 heterocycles. The second-order valence-electron chi connectivity index (χ2n) is 8.97. The van der Waals surface area contributed by atoms with E-state index in [2.05, 4.69) is 9.88 Å². The molecule has 0 unspecified atom stereocenters. The molecule has 0 radical (unpaired) electrons. The molecule has 0 spiro atoms. The van der Waals surface area contributed by atoms with E-state index in [4.69, 9.17) is 23.2 Å². The fourth-order valence-electron chi connectivity index (χ4n) is 4.42. The summed E-state index contributed by atoms with van der Waals surface area (Å²) in [5.74, 6) is -0.986. The number of aromatic nitrogens is 1. The van der Waals surface area contributed by atoms with E-state index >= 15 is 0 Å². The van der Waals surface area contributed by atoms with Gasteiger partial charge in [-0.05, 0) is 67.1 Å². The highest BCUT2D eigenvalue weighted by molar-refractivity contribution is 8.18. The number of benzene rings is 3. The maximum atomic E-state index is 13.2. The summed E-state index contributed by atoms with van der Waals surface area (Å²) in [6.07, 6.45) is 1.74. The molecule has 0 bridgehead atoms. The minimum atomic E-state index is -0.501. The molecule has 1 fully saturated rings. The van der Waals surface area contributed by atoms with Crippen molar-refractivity contribution >= 4 is 74.7 Å². The SMILES string of the molecule is Cc1ccc(NC(=O)CN2C(=O)S/C(=C\c3c(C)n(Cc4ccccc4Cl)c4ccccc34)C2=O)cc1Cl. The lowest BCUT2D eigenvalue weighted by Crippen LogP contribution is -2.36. The third-order valence-corrected chi connectivity index (χ3v) is 8.16. The van der Waals surface area contributed by atoms with Crippen molar-refractivity contribution in [2.45, 2.75) is 20.4 Å². The van der Waals surface area contributed by atoms with Crippen LogP contribution in [0.1, 0.15) is 22.4 Å². The Kier molecular flexibility index (Phi) is 7.34. The minimum Gasteiger partial charge on any atom is -0.340 e. The summed E-state index contributed by atoms with van der Waals surface area (Å²) in [6, 6.07) is 20.7. The molecule has 3 amide bonds. The van der Waals surface area contributed by atoms with Gasteiger partial charge in [-0.25, -0.2) is 0 Å². The van der Waals surface area contributed by atoms with Crippen LogP contribution in [0.2, 0.25) is 10.0 Å². The van der Waals surface area contributed by atoms with Gasteiger partial charge in [0, 0.05) is 44.4 Å². The normalized spacial score (nSPS) is 14.6. The van der Waals surface area contributed by atoms with Crippen LogP contribution >= 0.6 is 35.0 Å². The van der Waals surface area contributed by atoms with Crippen molar-refractivity contribution in [1.29, 1.82) is 0 Å². The summed E-state index contributed by atoms with van der Waals surface area (Å²) < 4.78 is 2.15. The number of rotatable bonds is 6. The summed E-state index contributed by atoms with van der Waals surface area (Å²) >= 11 is 13.4. The maximum absolute atomic E-state index is 13.2. The third kappa shape index (κ3) is 5.10. The Morgan fingerprint density at radius 3 is 2.47 bits per heavy atom. The first-order valence-corrected chi connectivity index (χ1v) is 13.4. The molecule has 1 saturated heterocycles. The van der Waals surface area contributed by atoms with E-state index in [0.29, 0.717) is 22.3 Å². The van der Waals surface area contributed by atoms with Crippen LogP contribution in [-0.4, -0.2) is 33.1 Å². The number of para-hydroxylation sites is 1. The molecule has 6 nitrogen and oxygen atoms in total. The first-order valence-electron chi connectivity index (χ1n) is 11.9. The van der Waals surface area contributed by atoms with Crippen LogP contribution < -0.4 is 5.32 Å². The highest BCUT2D eigenvalue weighted by Gasteiger charge is 2.36. The molecule has 1 aromatic heterocycles. The number of carbonyl (C=O) groups excluding carboxylic acids is 3. The number of hydrogen-bond acceptors (Lipinski definition) is 4. The van der Waals surface area contributed by atoms with E-state index < -0.39 is 17.1 Å². The van der Waals surface area contributed by atoms with Crippen molar-refractivity contribution in [3.8, 4) is 0 Å². The number of fused-ring (bicyclic) bond motifs is 1. The Bertz CT molecular complexity index is 1640. The number of halogens is 2. The van der Waals surface area contributed by atoms with Gasteiger partial charge in [-0.3, -0.25) is 19.3 Å². The average molecular weight is 564 g/mol. The number of hydrogen-bond donors (Lipinski definition) is 1. The van der Waals surface area contributed by atoms with Crippen LogP contribution in [-0.2, 0) is 16.1 Å². The van der Waals surface area contributed by atoms with E-state index in [1.54, 1.807) is 24.3 Å². The summed E-state index contributed by atoms with van der Waals surface area (Å²) in [5, 5.41) is 4.35. The molecule has 9 heteroatoms. The van der Waals surface area contributed by atoms with E-state index in [1.165, 1.54) is 0 Å². The van der Waals surface area contributed by atoms with Crippen molar-refractivity contribution < 1.29 is 14.4 Å². The lowest BCUT2D eigenvalue weighted by atomic mass is 10.1. The number of anilines is 1. The van der Waals surface area contributed by atoms with E-state index in [0.717, 1.165) is 49.9 Å². The van der Waals surface area contributed by atoms with Gasteiger partial charge in [-0.2, -0.15) is 0 Å². The average Bonchev–Trinajstić information content (AvgIpc) is 3.30. The Morgan fingerprint density at radius 2 is 1.71 bits per heavy atom. The summed E-state index contributed by atoms with van der Waals surface area (Å²) in [6.45, 7) is 4.01.